The van der Waals surface area contributed by atoms with Gasteiger partial charge in [-0.15, -0.1) is 0 Å². The number of hydrogen-bond acceptors (Lipinski definition) is 3. The number of nitrogens with zero attached hydrogens (tertiary/aromatic N) is 1. The fourth-order valence-corrected chi connectivity index (χ4v) is 0.921. The Kier molecular flexibility index (Phi) is 2.33. The average molecular weight is 204 g/mol. The monoisotopic (exact) mass is 204 g/mol. The zero-order chi connectivity index (χ0) is 10.9. The fraction of sp³-hybridized carbons (Fsp3) is 0.143. The van der Waals surface area contributed by atoms with Crippen LogP contribution in [0.15, 0.2) is 12.3 Å². The maximum Gasteiger partial charge on any atom is 0.417 e. The van der Waals surface area contributed by atoms with Crippen LogP contribution in [-0.4, -0.2) is 10.8 Å². The van der Waals surface area contributed by atoms with Crippen molar-refractivity contribution in [2.24, 2.45) is 5.73 Å². The third-order valence-corrected chi connectivity index (χ3v) is 1.52. The molecule has 1 heterocycles. The number of rotatable bonds is 1. The second-order valence-electron chi connectivity index (χ2n) is 2.57. The first-order valence-electron chi connectivity index (χ1n) is 3.49. The molecule has 0 aliphatic heterocycles. The summed E-state index contributed by atoms with van der Waals surface area (Å²) >= 11 is 0. The van der Waals surface area contributed by atoms with Crippen molar-refractivity contribution in [2.45, 2.75) is 6.18 Å². The zero-order valence-electron chi connectivity index (χ0n) is 6.89. The minimum absolute atomic E-state index is 0.262. The van der Waals surface area contributed by atoms with E-state index in [1.165, 1.54) is 0 Å². The number of anilines is 1. The van der Waals surface area contributed by atoms with Crippen LogP contribution in [0, 0.1) is 5.41 Å². The van der Waals surface area contributed by atoms with Crippen LogP contribution >= 0.6 is 0 Å². The third kappa shape index (κ3) is 1.93. The van der Waals surface area contributed by atoms with Gasteiger partial charge in [0.15, 0.2) is 0 Å². The first kappa shape index (κ1) is 10.3. The highest BCUT2D eigenvalue weighted by Gasteiger charge is 2.34. The number of nitrogens with one attached hydrogen (secondary N) is 1. The van der Waals surface area contributed by atoms with Gasteiger partial charge in [0, 0.05) is 11.8 Å². The summed E-state index contributed by atoms with van der Waals surface area (Å²) in [4.78, 5) is 3.43. The number of pyridine rings is 1. The van der Waals surface area contributed by atoms with Crippen molar-refractivity contribution in [2.75, 3.05) is 5.73 Å². The Morgan fingerprint density at radius 1 is 1.43 bits per heavy atom. The third-order valence-electron chi connectivity index (χ3n) is 1.52. The molecule has 0 saturated carbocycles. The van der Waals surface area contributed by atoms with Crippen molar-refractivity contribution >= 4 is 11.7 Å². The predicted molar refractivity (Wildman–Crippen MR) is 44.7 cm³/mol. The molecule has 0 unspecified atom stereocenters. The molecule has 0 aliphatic rings. The summed E-state index contributed by atoms with van der Waals surface area (Å²) in [6.45, 7) is 0. The molecule has 0 bridgehead atoms. The van der Waals surface area contributed by atoms with Gasteiger partial charge in [-0.25, -0.2) is 4.98 Å². The molecule has 0 aromatic carbocycles. The summed E-state index contributed by atoms with van der Waals surface area (Å²) in [7, 11) is 0. The van der Waals surface area contributed by atoms with E-state index in [4.69, 9.17) is 16.9 Å². The van der Waals surface area contributed by atoms with Gasteiger partial charge in [-0.1, -0.05) is 0 Å². The van der Waals surface area contributed by atoms with E-state index in [0.717, 1.165) is 6.20 Å². The van der Waals surface area contributed by atoms with E-state index >= 15 is 0 Å². The Morgan fingerprint density at radius 3 is 2.43 bits per heavy atom. The lowest BCUT2D eigenvalue weighted by molar-refractivity contribution is -0.137. The smallest absolute Gasteiger partial charge is 0.384 e. The highest BCUT2D eigenvalue weighted by molar-refractivity contribution is 5.96. The first-order chi connectivity index (χ1) is 6.32. The molecular formula is C7H7F3N4. The van der Waals surface area contributed by atoms with Gasteiger partial charge in [-0.3, -0.25) is 5.41 Å². The maximum absolute atomic E-state index is 12.4. The normalized spacial score (nSPS) is 11.4. The topological polar surface area (TPSA) is 88.8 Å². The largest absolute Gasteiger partial charge is 0.417 e. The number of nitrogen functional groups attached to an aromatic ring is 2. The summed E-state index contributed by atoms with van der Waals surface area (Å²) in [5, 5.41) is 6.92. The summed E-state index contributed by atoms with van der Waals surface area (Å²) in [5.74, 6) is -0.952. The quantitative estimate of drug-likeness (QED) is 0.470. The molecule has 0 atom stereocenters. The van der Waals surface area contributed by atoms with Gasteiger partial charge in [0.2, 0.25) is 0 Å². The van der Waals surface area contributed by atoms with Gasteiger partial charge in [-0.05, 0) is 6.07 Å². The highest BCUT2D eigenvalue weighted by atomic mass is 19.4. The Bertz CT molecular complexity index is 372. The molecule has 0 aliphatic carbocycles. The lowest BCUT2D eigenvalue weighted by Crippen LogP contribution is -2.19. The molecule has 0 radical (unpaired) electrons. The van der Waals surface area contributed by atoms with Gasteiger partial charge in [0.25, 0.3) is 0 Å². The first-order valence-corrected chi connectivity index (χ1v) is 3.49. The summed E-state index contributed by atoms with van der Waals surface area (Å²) in [5.41, 5.74) is 8.56. The van der Waals surface area contributed by atoms with Gasteiger partial charge < -0.3 is 11.5 Å². The van der Waals surface area contributed by atoms with Gasteiger partial charge in [0.1, 0.15) is 11.7 Å². The molecule has 0 amide bonds. The van der Waals surface area contributed by atoms with Crippen molar-refractivity contribution in [1.82, 2.24) is 4.98 Å². The second kappa shape index (κ2) is 3.17. The van der Waals surface area contributed by atoms with Crippen molar-refractivity contribution in [3.8, 4) is 0 Å². The Balaban J connectivity index is 3.38. The van der Waals surface area contributed by atoms with Crippen molar-refractivity contribution < 1.29 is 13.2 Å². The number of alkyl halides is 3. The number of amidine groups is 1. The zero-order valence-corrected chi connectivity index (χ0v) is 6.89. The van der Waals surface area contributed by atoms with Crippen molar-refractivity contribution in [1.29, 1.82) is 5.41 Å². The number of halogens is 3. The molecule has 76 valence electrons. The second-order valence-corrected chi connectivity index (χ2v) is 2.57. The van der Waals surface area contributed by atoms with E-state index in [2.05, 4.69) is 4.98 Å². The van der Waals surface area contributed by atoms with E-state index in [9.17, 15) is 13.2 Å². The Morgan fingerprint density at radius 2 is 2.00 bits per heavy atom. The average Bonchev–Trinajstić information content (AvgIpc) is 2.01. The van der Waals surface area contributed by atoms with Gasteiger partial charge >= 0.3 is 6.18 Å². The molecule has 14 heavy (non-hydrogen) atoms. The van der Waals surface area contributed by atoms with Crippen LogP contribution in [0.1, 0.15) is 11.1 Å². The molecule has 1 rings (SSSR count). The predicted octanol–water partition coefficient (Wildman–Crippen LogP) is 0.967. The van der Waals surface area contributed by atoms with Crippen LogP contribution in [-0.2, 0) is 6.18 Å². The minimum Gasteiger partial charge on any atom is -0.384 e. The van der Waals surface area contributed by atoms with Gasteiger partial charge in [-0.2, -0.15) is 13.2 Å². The Labute approximate surface area is 77.2 Å². The van der Waals surface area contributed by atoms with Crippen LogP contribution in [0.5, 0.6) is 0 Å². The molecule has 1 aromatic rings. The van der Waals surface area contributed by atoms with Crippen LogP contribution in [0.2, 0.25) is 0 Å². The number of nitrogens with two attached hydrogens (primary N) is 2. The van der Waals surface area contributed by atoms with E-state index in [-0.39, 0.29) is 5.82 Å². The summed E-state index contributed by atoms with van der Waals surface area (Å²) in [6, 6.07) is 0.650. The van der Waals surface area contributed by atoms with E-state index < -0.39 is 23.1 Å². The standard InChI is InChI=1S/C7H7F3N4/c8-7(9,10)4-1-5(11)14-2-3(4)6(12)13/h1-2H,(H2,11,14)(H3,12,13). The van der Waals surface area contributed by atoms with Crippen LogP contribution in [0.4, 0.5) is 19.0 Å². The van der Waals surface area contributed by atoms with E-state index in [1.807, 2.05) is 0 Å². The van der Waals surface area contributed by atoms with Crippen molar-refractivity contribution in [3.63, 3.8) is 0 Å². The molecule has 5 N–H and O–H groups in total. The lowest BCUT2D eigenvalue weighted by Gasteiger charge is -2.11. The van der Waals surface area contributed by atoms with Crippen LogP contribution in [0.25, 0.3) is 0 Å². The fourth-order valence-electron chi connectivity index (χ4n) is 0.921. The molecule has 0 saturated heterocycles. The SMILES string of the molecule is N=C(N)c1cnc(N)cc1C(F)(F)F. The minimum atomic E-state index is -4.59. The molecule has 0 spiro atoms. The molecule has 1 aromatic heterocycles. The van der Waals surface area contributed by atoms with Gasteiger partial charge in [0.05, 0.1) is 5.56 Å². The molecule has 4 nitrogen and oxygen atoms in total. The van der Waals surface area contributed by atoms with Crippen LogP contribution < -0.4 is 11.5 Å². The lowest BCUT2D eigenvalue weighted by atomic mass is 10.1. The van der Waals surface area contributed by atoms with Crippen LogP contribution in [0.3, 0.4) is 0 Å². The Hall–Kier alpha value is -1.79. The summed E-state index contributed by atoms with van der Waals surface area (Å²) < 4.78 is 37.1. The van der Waals surface area contributed by atoms with E-state index in [0.29, 0.717) is 6.07 Å². The highest BCUT2D eigenvalue weighted by Crippen LogP contribution is 2.32. The molecule has 0 fully saturated rings. The number of hydrogen-bond donors (Lipinski definition) is 3. The maximum atomic E-state index is 12.4. The summed E-state index contributed by atoms with van der Waals surface area (Å²) in [6.07, 6.45) is -3.75. The molecule has 7 heteroatoms. The molecular weight excluding hydrogens is 197 g/mol. The van der Waals surface area contributed by atoms with Crippen molar-refractivity contribution in [3.05, 3.63) is 23.4 Å². The number of aromatic nitrogens is 1. The van der Waals surface area contributed by atoms with E-state index in [1.54, 1.807) is 0 Å².